The van der Waals surface area contributed by atoms with Crippen molar-refractivity contribution in [2.45, 2.75) is 10.1 Å². The molecule has 22 heavy (non-hydrogen) atoms. The summed E-state index contributed by atoms with van der Waals surface area (Å²) in [5, 5.41) is 3.12. The van der Waals surface area contributed by atoms with Crippen molar-refractivity contribution in [2.75, 3.05) is 26.2 Å². The number of nitrogens with zero attached hydrogens (tertiary/aromatic N) is 1. The highest BCUT2D eigenvalue weighted by molar-refractivity contribution is 8.00. The Morgan fingerprint density at radius 2 is 1.55 bits per heavy atom. The van der Waals surface area contributed by atoms with Crippen molar-refractivity contribution in [3.63, 3.8) is 0 Å². The molecule has 1 aliphatic heterocycles. The van der Waals surface area contributed by atoms with Crippen LogP contribution in [0.4, 0.5) is 0 Å². The van der Waals surface area contributed by atoms with Gasteiger partial charge in [0.15, 0.2) is 0 Å². The maximum absolute atomic E-state index is 13.0. The topological polar surface area (TPSA) is 32.3 Å². The third kappa shape index (κ3) is 3.70. The molecule has 3 rings (SSSR count). The molecular formula is C18H20N2OS. The molecule has 2 aromatic rings. The van der Waals surface area contributed by atoms with Gasteiger partial charge in [-0.25, -0.2) is 0 Å². The van der Waals surface area contributed by atoms with Crippen LogP contribution in [0.2, 0.25) is 0 Å². The highest BCUT2D eigenvalue weighted by atomic mass is 32.2. The molecule has 1 unspecified atom stereocenters. The van der Waals surface area contributed by atoms with Gasteiger partial charge in [-0.3, -0.25) is 4.79 Å². The minimum absolute atomic E-state index is 0.179. The first-order valence-electron chi connectivity index (χ1n) is 7.61. The van der Waals surface area contributed by atoms with Crippen molar-refractivity contribution in [1.29, 1.82) is 0 Å². The fraction of sp³-hybridized carbons (Fsp3) is 0.278. The van der Waals surface area contributed by atoms with Crippen LogP contribution in [-0.2, 0) is 4.79 Å². The van der Waals surface area contributed by atoms with Crippen LogP contribution in [0.1, 0.15) is 10.8 Å². The monoisotopic (exact) mass is 312 g/mol. The van der Waals surface area contributed by atoms with Crippen LogP contribution in [0.3, 0.4) is 0 Å². The number of benzene rings is 2. The van der Waals surface area contributed by atoms with E-state index in [-0.39, 0.29) is 11.2 Å². The lowest BCUT2D eigenvalue weighted by Crippen LogP contribution is -2.47. The first kappa shape index (κ1) is 15.1. The lowest BCUT2D eigenvalue weighted by atomic mass is 10.1. The van der Waals surface area contributed by atoms with Gasteiger partial charge in [0.1, 0.15) is 5.25 Å². The number of carbonyl (C=O) groups excluding carboxylic acids is 1. The van der Waals surface area contributed by atoms with Gasteiger partial charge in [0.05, 0.1) is 0 Å². The number of hydrogen-bond donors (Lipinski definition) is 1. The lowest BCUT2D eigenvalue weighted by Gasteiger charge is -2.31. The minimum Gasteiger partial charge on any atom is -0.339 e. The van der Waals surface area contributed by atoms with Crippen molar-refractivity contribution in [1.82, 2.24) is 10.2 Å². The SMILES string of the molecule is O=C(C(Sc1ccccc1)c1ccccc1)N1CCNCC1. The van der Waals surface area contributed by atoms with Crippen molar-refractivity contribution in [2.24, 2.45) is 0 Å². The first-order chi connectivity index (χ1) is 10.8. The van der Waals surface area contributed by atoms with Gasteiger partial charge in [-0.2, -0.15) is 0 Å². The number of nitrogens with one attached hydrogen (secondary N) is 1. The standard InChI is InChI=1S/C18H20N2OS/c21-18(20-13-11-19-12-14-20)17(15-7-3-1-4-8-15)22-16-9-5-2-6-10-16/h1-10,17,19H,11-14H2. The highest BCUT2D eigenvalue weighted by Crippen LogP contribution is 2.36. The van der Waals surface area contributed by atoms with Crippen LogP contribution in [0.5, 0.6) is 0 Å². The molecule has 4 heteroatoms. The van der Waals surface area contributed by atoms with E-state index in [4.69, 9.17) is 0 Å². The second-order valence-corrected chi connectivity index (χ2v) is 6.48. The molecule has 0 aliphatic carbocycles. The zero-order valence-corrected chi connectivity index (χ0v) is 13.3. The zero-order chi connectivity index (χ0) is 15.2. The van der Waals surface area contributed by atoms with Crippen LogP contribution in [0.25, 0.3) is 0 Å². The predicted molar refractivity (Wildman–Crippen MR) is 90.9 cm³/mol. The Kier molecular flexibility index (Phi) is 5.14. The van der Waals surface area contributed by atoms with Crippen molar-refractivity contribution < 1.29 is 4.79 Å². The number of thioether (sulfide) groups is 1. The molecule has 1 heterocycles. The average Bonchev–Trinajstić information content (AvgIpc) is 2.61. The van der Waals surface area contributed by atoms with E-state index in [0.29, 0.717) is 0 Å². The lowest BCUT2D eigenvalue weighted by molar-refractivity contribution is -0.131. The summed E-state index contributed by atoms with van der Waals surface area (Å²) >= 11 is 1.63. The fourth-order valence-electron chi connectivity index (χ4n) is 2.58. The summed E-state index contributed by atoms with van der Waals surface area (Å²) in [7, 11) is 0. The Hall–Kier alpha value is -1.78. The van der Waals surface area contributed by atoms with E-state index in [2.05, 4.69) is 17.4 Å². The molecule has 0 aromatic heterocycles. The van der Waals surface area contributed by atoms with Gasteiger partial charge in [-0.1, -0.05) is 48.5 Å². The molecule has 0 radical (unpaired) electrons. The molecule has 0 spiro atoms. The van der Waals surface area contributed by atoms with E-state index in [0.717, 1.165) is 36.6 Å². The van der Waals surface area contributed by atoms with Crippen LogP contribution in [0, 0.1) is 0 Å². The predicted octanol–water partition coefficient (Wildman–Crippen LogP) is 2.95. The second kappa shape index (κ2) is 7.47. The van der Waals surface area contributed by atoms with Gasteiger partial charge in [-0.05, 0) is 17.7 Å². The summed E-state index contributed by atoms with van der Waals surface area (Å²) in [5.41, 5.74) is 1.07. The number of amides is 1. The summed E-state index contributed by atoms with van der Waals surface area (Å²) in [6.45, 7) is 3.33. The van der Waals surface area contributed by atoms with E-state index in [1.54, 1.807) is 11.8 Å². The molecular weight excluding hydrogens is 292 g/mol. The number of piperazine rings is 1. The van der Waals surface area contributed by atoms with E-state index in [1.165, 1.54) is 0 Å². The van der Waals surface area contributed by atoms with Gasteiger partial charge < -0.3 is 10.2 Å². The number of hydrogen-bond acceptors (Lipinski definition) is 3. The smallest absolute Gasteiger partial charge is 0.240 e. The van der Waals surface area contributed by atoms with Gasteiger partial charge in [0.25, 0.3) is 0 Å². The Bertz CT molecular complexity index is 597. The number of rotatable bonds is 4. The van der Waals surface area contributed by atoms with E-state index >= 15 is 0 Å². The van der Waals surface area contributed by atoms with Crippen molar-refractivity contribution in [3.8, 4) is 0 Å². The Labute approximate surface area is 135 Å². The molecule has 1 amide bonds. The molecule has 2 aromatic carbocycles. The molecule has 0 bridgehead atoms. The van der Waals surface area contributed by atoms with Gasteiger partial charge in [0.2, 0.25) is 5.91 Å². The summed E-state index contributed by atoms with van der Waals surface area (Å²) in [6, 6.07) is 20.2. The summed E-state index contributed by atoms with van der Waals surface area (Å²) in [6.07, 6.45) is 0. The van der Waals surface area contributed by atoms with Gasteiger partial charge >= 0.3 is 0 Å². The van der Waals surface area contributed by atoms with E-state index in [9.17, 15) is 4.79 Å². The molecule has 114 valence electrons. The quantitative estimate of drug-likeness (QED) is 0.881. The van der Waals surface area contributed by atoms with Crippen LogP contribution < -0.4 is 5.32 Å². The van der Waals surface area contributed by atoms with Crippen molar-refractivity contribution >= 4 is 17.7 Å². The third-order valence-electron chi connectivity index (χ3n) is 3.75. The summed E-state index contributed by atoms with van der Waals surface area (Å²) in [5.74, 6) is 0.210. The van der Waals surface area contributed by atoms with Gasteiger partial charge in [0, 0.05) is 31.1 Å². The maximum atomic E-state index is 13.0. The molecule has 3 nitrogen and oxygen atoms in total. The van der Waals surface area contributed by atoms with Crippen LogP contribution in [-0.4, -0.2) is 37.0 Å². The summed E-state index contributed by atoms with van der Waals surface area (Å²) in [4.78, 5) is 16.1. The normalized spacial score (nSPS) is 16.3. The maximum Gasteiger partial charge on any atom is 0.240 e. The average molecular weight is 312 g/mol. The zero-order valence-electron chi connectivity index (χ0n) is 12.4. The van der Waals surface area contributed by atoms with Crippen LogP contribution >= 0.6 is 11.8 Å². The molecule has 1 saturated heterocycles. The summed E-state index contributed by atoms with van der Waals surface area (Å²) < 4.78 is 0. The molecule has 1 aliphatic rings. The van der Waals surface area contributed by atoms with Crippen LogP contribution in [0.15, 0.2) is 65.6 Å². The number of carbonyl (C=O) groups is 1. The van der Waals surface area contributed by atoms with E-state index in [1.807, 2.05) is 53.4 Å². The second-order valence-electron chi connectivity index (χ2n) is 5.30. The molecule has 0 saturated carbocycles. The minimum atomic E-state index is -0.179. The fourth-order valence-corrected chi connectivity index (χ4v) is 3.70. The Morgan fingerprint density at radius 3 is 2.18 bits per heavy atom. The Balaban J connectivity index is 1.84. The third-order valence-corrected chi connectivity index (χ3v) is 5.01. The van der Waals surface area contributed by atoms with E-state index < -0.39 is 0 Å². The molecule has 1 N–H and O–H groups in total. The largest absolute Gasteiger partial charge is 0.339 e. The first-order valence-corrected chi connectivity index (χ1v) is 8.49. The van der Waals surface area contributed by atoms with Gasteiger partial charge in [-0.15, -0.1) is 11.8 Å². The molecule has 1 atom stereocenters. The Morgan fingerprint density at radius 1 is 0.955 bits per heavy atom. The van der Waals surface area contributed by atoms with Crippen molar-refractivity contribution in [3.05, 3.63) is 66.2 Å². The highest BCUT2D eigenvalue weighted by Gasteiger charge is 2.27. The molecule has 1 fully saturated rings.